The largest absolute Gasteiger partial charge is 0.320 e. The van der Waals surface area contributed by atoms with Crippen LogP contribution >= 0.6 is 0 Å². The summed E-state index contributed by atoms with van der Waals surface area (Å²) in [6, 6.07) is 7.93. The summed E-state index contributed by atoms with van der Waals surface area (Å²) in [5, 5.41) is 3.20. The lowest BCUT2D eigenvalue weighted by Crippen LogP contribution is -2.13. The van der Waals surface area contributed by atoms with Gasteiger partial charge in [-0.15, -0.1) is 0 Å². The van der Waals surface area contributed by atoms with Crippen LogP contribution in [0.5, 0.6) is 0 Å². The Kier molecular flexibility index (Phi) is 6.56. The molecule has 17 heavy (non-hydrogen) atoms. The third kappa shape index (κ3) is 5.14. The van der Waals surface area contributed by atoms with E-state index in [4.69, 9.17) is 0 Å². The number of rotatable bonds is 8. The average Bonchev–Trinajstić information content (AvgIpc) is 2.39. The Morgan fingerprint density at radius 2 is 2.18 bits per heavy atom. The van der Waals surface area contributed by atoms with Crippen LogP contribution in [-0.4, -0.2) is 19.9 Å². The van der Waals surface area contributed by atoms with Gasteiger partial charge in [-0.1, -0.05) is 31.5 Å². The van der Waals surface area contributed by atoms with Crippen molar-refractivity contribution in [2.24, 2.45) is 5.92 Å². The van der Waals surface area contributed by atoms with Crippen molar-refractivity contribution in [3.63, 3.8) is 0 Å². The van der Waals surface area contributed by atoms with Crippen LogP contribution in [0.2, 0.25) is 0 Å². The number of benzene rings is 1. The van der Waals surface area contributed by atoms with Crippen molar-refractivity contribution in [1.82, 2.24) is 5.32 Å². The molecule has 0 saturated heterocycles. The minimum atomic E-state index is 0.780. The highest BCUT2D eigenvalue weighted by molar-refractivity contribution is 5.74. The zero-order valence-corrected chi connectivity index (χ0v) is 10.9. The number of hydrogen-bond acceptors (Lipinski definition) is 2. The molecule has 0 heterocycles. The first kappa shape index (κ1) is 13.9. The maximum Gasteiger partial charge on any atom is 0.150 e. The first-order chi connectivity index (χ1) is 8.30. The minimum Gasteiger partial charge on any atom is -0.320 e. The van der Waals surface area contributed by atoms with E-state index >= 15 is 0 Å². The summed E-state index contributed by atoms with van der Waals surface area (Å²) < 4.78 is 0. The van der Waals surface area contributed by atoms with Crippen LogP contribution in [0.4, 0.5) is 0 Å². The summed E-state index contributed by atoms with van der Waals surface area (Å²) in [4.78, 5) is 10.7. The van der Waals surface area contributed by atoms with Crippen LogP contribution in [-0.2, 0) is 6.42 Å². The van der Waals surface area contributed by atoms with E-state index in [9.17, 15) is 4.79 Å². The van der Waals surface area contributed by atoms with Crippen LogP contribution in [0.15, 0.2) is 24.3 Å². The average molecular weight is 233 g/mol. The van der Waals surface area contributed by atoms with E-state index in [1.165, 1.54) is 24.8 Å². The maximum atomic E-state index is 10.7. The van der Waals surface area contributed by atoms with Gasteiger partial charge < -0.3 is 5.32 Å². The van der Waals surface area contributed by atoms with Gasteiger partial charge in [0.25, 0.3) is 0 Å². The van der Waals surface area contributed by atoms with Gasteiger partial charge in [0.15, 0.2) is 0 Å². The molecule has 0 amide bonds. The van der Waals surface area contributed by atoms with Gasteiger partial charge in [0.05, 0.1) is 0 Å². The molecular weight excluding hydrogens is 210 g/mol. The SMILES string of the molecule is CCC(CCNC)CCc1cccc(C=O)c1. The van der Waals surface area contributed by atoms with Crippen molar-refractivity contribution in [2.75, 3.05) is 13.6 Å². The summed E-state index contributed by atoms with van der Waals surface area (Å²) in [7, 11) is 2.00. The van der Waals surface area contributed by atoms with Gasteiger partial charge in [0.2, 0.25) is 0 Å². The number of nitrogens with one attached hydrogen (secondary N) is 1. The summed E-state index contributed by atoms with van der Waals surface area (Å²) in [5.41, 5.74) is 2.06. The Hall–Kier alpha value is -1.15. The quantitative estimate of drug-likeness (QED) is 0.699. The summed E-state index contributed by atoms with van der Waals surface area (Å²) in [5.74, 6) is 0.780. The highest BCUT2D eigenvalue weighted by Gasteiger charge is 2.06. The molecule has 0 fully saturated rings. The third-order valence-corrected chi connectivity index (χ3v) is 3.31. The van der Waals surface area contributed by atoms with Crippen molar-refractivity contribution >= 4 is 6.29 Å². The van der Waals surface area contributed by atoms with Crippen LogP contribution < -0.4 is 5.32 Å². The molecule has 1 unspecified atom stereocenters. The predicted molar refractivity (Wildman–Crippen MR) is 72.5 cm³/mol. The Labute approximate surface area is 104 Å². The van der Waals surface area contributed by atoms with Crippen LogP contribution in [0, 0.1) is 5.92 Å². The fraction of sp³-hybridized carbons (Fsp3) is 0.533. The first-order valence-corrected chi connectivity index (χ1v) is 6.48. The van der Waals surface area contributed by atoms with Crippen LogP contribution in [0.1, 0.15) is 42.1 Å². The van der Waals surface area contributed by atoms with Crippen molar-refractivity contribution in [3.8, 4) is 0 Å². The fourth-order valence-electron chi connectivity index (χ4n) is 2.09. The molecule has 1 aromatic carbocycles. The monoisotopic (exact) mass is 233 g/mol. The highest BCUT2D eigenvalue weighted by atomic mass is 16.1. The molecule has 0 bridgehead atoms. The second-order valence-corrected chi connectivity index (χ2v) is 4.57. The fourth-order valence-corrected chi connectivity index (χ4v) is 2.09. The first-order valence-electron chi connectivity index (χ1n) is 6.48. The van der Waals surface area contributed by atoms with E-state index in [1.807, 2.05) is 25.2 Å². The molecular formula is C15H23NO. The smallest absolute Gasteiger partial charge is 0.150 e. The zero-order valence-electron chi connectivity index (χ0n) is 10.9. The van der Waals surface area contributed by atoms with Gasteiger partial charge in [0, 0.05) is 5.56 Å². The van der Waals surface area contributed by atoms with E-state index in [2.05, 4.69) is 18.3 Å². The molecule has 94 valence electrons. The van der Waals surface area contributed by atoms with Crippen LogP contribution in [0.3, 0.4) is 0 Å². The molecule has 1 aromatic rings. The van der Waals surface area contributed by atoms with Gasteiger partial charge in [-0.3, -0.25) is 4.79 Å². The van der Waals surface area contributed by atoms with E-state index in [0.29, 0.717) is 0 Å². The molecule has 1 rings (SSSR count). The predicted octanol–water partition coefficient (Wildman–Crippen LogP) is 3.07. The molecule has 0 spiro atoms. The van der Waals surface area contributed by atoms with Gasteiger partial charge >= 0.3 is 0 Å². The zero-order chi connectivity index (χ0) is 12.5. The summed E-state index contributed by atoms with van der Waals surface area (Å²) >= 11 is 0. The Morgan fingerprint density at radius 1 is 1.35 bits per heavy atom. The number of carbonyl (C=O) groups excluding carboxylic acids is 1. The minimum absolute atomic E-state index is 0.780. The lowest BCUT2D eigenvalue weighted by atomic mass is 9.94. The van der Waals surface area contributed by atoms with Gasteiger partial charge in [-0.05, 0) is 50.4 Å². The van der Waals surface area contributed by atoms with E-state index in [-0.39, 0.29) is 0 Å². The Balaban J connectivity index is 2.44. The van der Waals surface area contributed by atoms with Gasteiger partial charge in [0.1, 0.15) is 6.29 Å². The molecule has 0 aliphatic heterocycles. The topological polar surface area (TPSA) is 29.1 Å². The molecule has 0 aliphatic carbocycles. The molecule has 1 N–H and O–H groups in total. The Bertz CT molecular complexity index is 335. The lowest BCUT2D eigenvalue weighted by Gasteiger charge is -2.14. The van der Waals surface area contributed by atoms with Crippen LogP contribution in [0.25, 0.3) is 0 Å². The highest BCUT2D eigenvalue weighted by Crippen LogP contribution is 2.16. The molecule has 2 nitrogen and oxygen atoms in total. The molecule has 0 saturated carbocycles. The lowest BCUT2D eigenvalue weighted by molar-refractivity contribution is 0.112. The van der Waals surface area contributed by atoms with Crippen molar-refractivity contribution in [3.05, 3.63) is 35.4 Å². The molecule has 0 radical (unpaired) electrons. The number of carbonyl (C=O) groups is 1. The van der Waals surface area contributed by atoms with E-state index in [1.54, 1.807) is 0 Å². The summed E-state index contributed by atoms with van der Waals surface area (Å²) in [6.07, 6.45) is 5.67. The van der Waals surface area contributed by atoms with E-state index < -0.39 is 0 Å². The van der Waals surface area contributed by atoms with Gasteiger partial charge in [-0.2, -0.15) is 0 Å². The molecule has 2 heteroatoms. The number of aldehydes is 1. The number of aryl methyl sites for hydroxylation is 1. The van der Waals surface area contributed by atoms with E-state index in [0.717, 1.165) is 30.7 Å². The standard InChI is InChI=1S/C15H23NO/c1-3-13(9-10-16-2)7-8-14-5-4-6-15(11-14)12-17/h4-6,11-13,16H,3,7-10H2,1-2H3. The van der Waals surface area contributed by atoms with Crippen molar-refractivity contribution in [2.45, 2.75) is 32.6 Å². The Morgan fingerprint density at radius 3 is 2.82 bits per heavy atom. The van der Waals surface area contributed by atoms with Crippen molar-refractivity contribution in [1.29, 1.82) is 0 Å². The van der Waals surface area contributed by atoms with Crippen molar-refractivity contribution < 1.29 is 4.79 Å². The maximum absolute atomic E-state index is 10.7. The summed E-state index contributed by atoms with van der Waals surface area (Å²) in [6.45, 7) is 3.34. The normalized spacial score (nSPS) is 12.4. The molecule has 1 atom stereocenters. The second-order valence-electron chi connectivity index (χ2n) is 4.57. The second kappa shape index (κ2) is 8.02. The number of hydrogen-bond donors (Lipinski definition) is 1. The third-order valence-electron chi connectivity index (χ3n) is 3.31. The molecule has 0 aromatic heterocycles. The van der Waals surface area contributed by atoms with Gasteiger partial charge in [-0.25, -0.2) is 0 Å². The molecule has 0 aliphatic rings.